The van der Waals surface area contributed by atoms with Gasteiger partial charge < -0.3 is 19.3 Å². The second-order valence-corrected chi connectivity index (χ2v) is 5.87. The van der Waals surface area contributed by atoms with Gasteiger partial charge in [0.15, 0.2) is 5.69 Å². The Morgan fingerprint density at radius 2 is 2.04 bits per heavy atom. The molecule has 2 heterocycles. The highest BCUT2D eigenvalue weighted by atomic mass is 19.1. The van der Waals surface area contributed by atoms with Crippen LogP contribution in [-0.4, -0.2) is 46.4 Å². The number of likely N-dealkylation sites (tertiary alicyclic amines) is 1. The summed E-state index contributed by atoms with van der Waals surface area (Å²) in [6.45, 7) is 2.57. The van der Waals surface area contributed by atoms with E-state index < -0.39 is 12.2 Å². The largest absolute Gasteiger partial charge is 0.488 e. The van der Waals surface area contributed by atoms with Gasteiger partial charge in [-0.2, -0.15) is 0 Å². The molecule has 1 amide bonds. The van der Waals surface area contributed by atoms with E-state index in [1.807, 2.05) is 0 Å². The van der Waals surface area contributed by atoms with Crippen LogP contribution in [0.25, 0.3) is 0 Å². The molecule has 24 heavy (non-hydrogen) atoms. The van der Waals surface area contributed by atoms with E-state index in [0.717, 1.165) is 0 Å². The third-order valence-corrected chi connectivity index (χ3v) is 4.04. The van der Waals surface area contributed by atoms with E-state index in [0.29, 0.717) is 37.4 Å². The first-order valence-electron chi connectivity index (χ1n) is 7.86. The standard InChI is InChI=1S/C17H19FN2O4/c1-11-10-14(19-24-11)17(22)20-8-6-15(21)16(7-9-20)23-13-4-2-12(18)3-5-13/h2-5,10,15-16,21H,6-9H2,1H3/t15-,16-/m0/s1. The maximum atomic E-state index is 12.9. The SMILES string of the molecule is Cc1cc(C(=O)N2CC[C@H](Oc3ccc(F)cc3)[C@@H](O)CC2)no1. The van der Waals surface area contributed by atoms with Gasteiger partial charge in [0.1, 0.15) is 23.4 Å². The van der Waals surface area contributed by atoms with Gasteiger partial charge in [-0.05, 0) is 37.6 Å². The van der Waals surface area contributed by atoms with Gasteiger partial charge >= 0.3 is 0 Å². The minimum atomic E-state index is -0.702. The van der Waals surface area contributed by atoms with Crippen molar-refractivity contribution in [3.8, 4) is 5.75 Å². The Labute approximate surface area is 138 Å². The van der Waals surface area contributed by atoms with Gasteiger partial charge in [-0.25, -0.2) is 4.39 Å². The van der Waals surface area contributed by atoms with E-state index in [9.17, 15) is 14.3 Å². The van der Waals surface area contributed by atoms with E-state index in [2.05, 4.69) is 5.16 Å². The second-order valence-electron chi connectivity index (χ2n) is 5.87. The highest BCUT2D eigenvalue weighted by Crippen LogP contribution is 2.21. The number of rotatable bonds is 3. The first kappa shape index (κ1) is 16.4. The smallest absolute Gasteiger partial charge is 0.276 e. The quantitative estimate of drug-likeness (QED) is 0.931. The summed E-state index contributed by atoms with van der Waals surface area (Å²) in [4.78, 5) is 14.0. The van der Waals surface area contributed by atoms with Crippen LogP contribution >= 0.6 is 0 Å². The van der Waals surface area contributed by atoms with E-state index in [1.54, 1.807) is 17.9 Å². The predicted molar refractivity (Wildman–Crippen MR) is 83.2 cm³/mol. The number of ether oxygens (including phenoxy) is 1. The zero-order valence-electron chi connectivity index (χ0n) is 13.3. The summed E-state index contributed by atoms with van der Waals surface area (Å²) in [6, 6.07) is 7.25. The number of aliphatic hydroxyl groups excluding tert-OH is 1. The van der Waals surface area contributed by atoms with Crippen molar-refractivity contribution in [3.63, 3.8) is 0 Å². The molecule has 1 aromatic carbocycles. The van der Waals surface area contributed by atoms with Crippen molar-refractivity contribution >= 4 is 5.91 Å². The second kappa shape index (κ2) is 7.00. The number of carbonyl (C=O) groups is 1. The van der Waals surface area contributed by atoms with Crippen LogP contribution < -0.4 is 4.74 Å². The van der Waals surface area contributed by atoms with Gasteiger partial charge in [0.05, 0.1) is 6.10 Å². The summed E-state index contributed by atoms with van der Waals surface area (Å²) >= 11 is 0. The number of aryl methyl sites for hydroxylation is 1. The number of aliphatic hydroxyl groups is 1. The van der Waals surface area contributed by atoms with Crippen LogP contribution in [0.4, 0.5) is 4.39 Å². The number of nitrogens with zero attached hydrogens (tertiary/aromatic N) is 2. The van der Waals surface area contributed by atoms with E-state index in [1.165, 1.54) is 24.3 Å². The fourth-order valence-electron chi connectivity index (χ4n) is 2.72. The number of hydrogen-bond donors (Lipinski definition) is 1. The lowest BCUT2D eigenvalue weighted by Crippen LogP contribution is -2.32. The Hall–Kier alpha value is -2.41. The molecule has 1 aliphatic rings. The molecular weight excluding hydrogens is 315 g/mol. The van der Waals surface area contributed by atoms with Gasteiger partial charge in [-0.3, -0.25) is 4.79 Å². The molecule has 2 atom stereocenters. The summed E-state index contributed by atoms with van der Waals surface area (Å²) < 4.78 is 23.6. The number of carbonyl (C=O) groups excluding carboxylic acids is 1. The van der Waals surface area contributed by atoms with Crippen molar-refractivity contribution in [2.45, 2.75) is 32.0 Å². The Kier molecular flexibility index (Phi) is 4.80. The zero-order valence-corrected chi connectivity index (χ0v) is 13.3. The third kappa shape index (κ3) is 3.73. The molecule has 0 radical (unpaired) electrons. The molecule has 0 saturated carbocycles. The maximum Gasteiger partial charge on any atom is 0.276 e. The lowest BCUT2D eigenvalue weighted by atomic mass is 10.1. The van der Waals surface area contributed by atoms with Gasteiger partial charge in [0.2, 0.25) is 0 Å². The lowest BCUT2D eigenvalue weighted by molar-refractivity contribution is 0.0349. The first-order valence-corrected chi connectivity index (χ1v) is 7.86. The zero-order chi connectivity index (χ0) is 17.1. The summed E-state index contributed by atoms with van der Waals surface area (Å²) in [6.07, 6.45) is -0.283. The average molecular weight is 334 g/mol. The minimum Gasteiger partial charge on any atom is -0.488 e. The van der Waals surface area contributed by atoms with Crippen LogP contribution in [0.3, 0.4) is 0 Å². The van der Waals surface area contributed by atoms with Crippen LogP contribution in [0.5, 0.6) is 5.75 Å². The fraction of sp³-hybridized carbons (Fsp3) is 0.412. The van der Waals surface area contributed by atoms with Crippen molar-refractivity contribution in [1.29, 1.82) is 0 Å². The molecule has 1 aliphatic heterocycles. The van der Waals surface area contributed by atoms with Gasteiger partial charge in [-0.15, -0.1) is 0 Å². The lowest BCUT2D eigenvalue weighted by Gasteiger charge is -2.21. The molecular formula is C17H19FN2O4. The van der Waals surface area contributed by atoms with E-state index in [-0.39, 0.29) is 17.4 Å². The maximum absolute atomic E-state index is 12.9. The minimum absolute atomic E-state index is 0.221. The molecule has 128 valence electrons. The van der Waals surface area contributed by atoms with Crippen molar-refractivity contribution < 1.29 is 23.6 Å². The first-order chi connectivity index (χ1) is 11.5. The van der Waals surface area contributed by atoms with Gasteiger partial charge in [0, 0.05) is 25.6 Å². The van der Waals surface area contributed by atoms with Crippen molar-refractivity contribution in [2.24, 2.45) is 0 Å². The monoisotopic (exact) mass is 334 g/mol. The van der Waals surface area contributed by atoms with Crippen molar-refractivity contribution in [3.05, 3.63) is 47.6 Å². The molecule has 0 unspecified atom stereocenters. The Bertz CT molecular complexity index is 701. The Morgan fingerprint density at radius 3 is 2.71 bits per heavy atom. The van der Waals surface area contributed by atoms with Crippen molar-refractivity contribution in [2.75, 3.05) is 13.1 Å². The number of aromatic nitrogens is 1. The Balaban J connectivity index is 1.64. The van der Waals surface area contributed by atoms with Gasteiger partial charge in [-0.1, -0.05) is 5.16 Å². The summed E-state index contributed by atoms with van der Waals surface area (Å²) in [5.41, 5.74) is 0.264. The highest BCUT2D eigenvalue weighted by molar-refractivity contribution is 5.92. The molecule has 1 fully saturated rings. The summed E-state index contributed by atoms with van der Waals surface area (Å²) in [5.74, 6) is 0.503. The molecule has 6 nitrogen and oxygen atoms in total. The van der Waals surface area contributed by atoms with E-state index in [4.69, 9.17) is 9.26 Å². The molecule has 1 N–H and O–H groups in total. The topological polar surface area (TPSA) is 75.8 Å². The van der Waals surface area contributed by atoms with E-state index >= 15 is 0 Å². The predicted octanol–water partition coefficient (Wildman–Crippen LogP) is 2.17. The molecule has 0 spiro atoms. The highest BCUT2D eigenvalue weighted by Gasteiger charge is 2.29. The molecule has 0 bridgehead atoms. The summed E-state index contributed by atoms with van der Waals surface area (Å²) in [7, 11) is 0. The number of halogens is 1. The molecule has 0 aliphatic carbocycles. The van der Waals surface area contributed by atoms with Crippen LogP contribution in [0.15, 0.2) is 34.9 Å². The molecule has 1 saturated heterocycles. The Morgan fingerprint density at radius 1 is 1.33 bits per heavy atom. The fourth-order valence-corrected chi connectivity index (χ4v) is 2.72. The van der Waals surface area contributed by atoms with Crippen LogP contribution in [0.2, 0.25) is 0 Å². The molecule has 1 aromatic heterocycles. The van der Waals surface area contributed by atoms with Gasteiger partial charge in [0.25, 0.3) is 5.91 Å². The third-order valence-electron chi connectivity index (χ3n) is 4.04. The number of hydrogen-bond acceptors (Lipinski definition) is 5. The molecule has 7 heteroatoms. The van der Waals surface area contributed by atoms with Crippen LogP contribution in [0.1, 0.15) is 29.1 Å². The number of amides is 1. The van der Waals surface area contributed by atoms with Crippen molar-refractivity contribution in [1.82, 2.24) is 10.1 Å². The van der Waals surface area contributed by atoms with Crippen LogP contribution in [-0.2, 0) is 0 Å². The molecule has 3 rings (SSSR count). The average Bonchev–Trinajstić information content (AvgIpc) is 2.92. The number of benzene rings is 1. The summed E-state index contributed by atoms with van der Waals surface area (Å²) in [5, 5.41) is 14.0. The molecule has 2 aromatic rings. The van der Waals surface area contributed by atoms with Crippen LogP contribution in [0, 0.1) is 12.7 Å². The normalized spacial score (nSPS) is 21.4.